The molecule has 1 aromatic carbocycles. The molecule has 0 unspecified atom stereocenters. The number of halogens is 4. The summed E-state index contributed by atoms with van der Waals surface area (Å²) < 4.78 is 60.8. The molecule has 142 valence electrons. The number of hydrogen-bond acceptors (Lipinski definition) is 5. The zero-order valence-electron chi connectivity index (χ0n) is 14.0. The largest absolute Gasteiger partial charge is 0.459 e. The molecule has 27 heavy (non-hydrogen) atoms. The van der Waals surface area contributed by atoms with Gasteiger partial charge in [-0.1, -0.05) is 6.07 Å². The van der Waals surface area contributed by atoms with E-state index in [1.165, 1.54) is 18.2 Å². The van der Waals surface area contributed by atoms with Crippen LogP contribution in [0, 0.1) is 11.8 Å². The Hall–Kier alpha value is -3.17. The van der Waals surface area contributed by atoms with Gasteiger partial charge in [0.1, 0.15) is 11.5 Å². The summed E-state index contributed by atoms with van der Waals surface area (Å²) in [6.45, 7) is -0.0530. The Morgan fingerprint density at radius 3 is 2.70 bits per heavy atom. The Morgan fingerprint density at radius 2 is 2.00 bits per heavy atom. The van der Waals surface area contributed by atoms with Crippen LogP contribution in [0.3, 0.4) is 0 Å². The van der Waals surface area contributed by atoms with Crippen LogP contribution in [0.2, 0.25) is 0 Å². The lowest BCUT2D eigenvalue weighted by Crippen LogP contribution is -2.51. The highest BCUT2D eigenvalue weighted by molar-refractivity contribution is 6.02. The van der Waals surface area contributed by atoms with Crippen LogP contribution in [0.5, 0.6) is 0 Å². The fourth-order valence-corrected chi connectivity index (χ4v) is 2.60. The van der Waals surface area contributed by atoms with Crippen LogP contribution in [0.15, 0.2) is 41.4 Å². The standard InChI is InChI=1S/C17H14F4N4O2/c1-16(17(20,21)8-27-15(22)25-16)10-7-9(5-6-11(10)18)23-14(26)12-3-2-4-13(19)24-12/h2-7H,8H2,1H3,(H2,22,25)(H,23,26)/t16-/m1/s1. The molecule has 2 heterocycles. The first-order valence-corrected chi connectivity index (χ1v) is 7.72. The van der Waals surface area contributed by atoms with Gasteiger partial charge in [0, 0.05) is 11.3 Å². The molecule has 1 aliphatic rings. The quantitative estimate of drug-likeness (QED) is 0.631. The number of rotatable bonds is 3. The van der Waals surface area contributed by atoms with E-state index < -0.39 is 47.3 Å². The summed E-state index contributed by atoms with van der Waals surface area (Å²) in [5, 5.41) is 2.36. The Bertz CT molecular complexity index is 935. The van der Waals surface area contributed by atoms with E-state index >= 15 is 0 Å². The third kappa shape index (κ3) is 3.42. The summed E-state index contributed by atoms with van der Waals surface area (Å²) in [6.07, 6.45) is 0. The van der Waals surface area contributed by atoms with Crippen molar-refractivity contribution < 1.29 is 27.1 Å². The van der Waals surface area contributed by atoms with E-state index in [-0.39, 0.29) is 11.4 Å². The molecule has 6 nitrogen and oxygen atoms in total. The number of aromatic nitrogens is 1. The number of carbonyl (C=O) groups excluding carboxylic acids is 1. The fraction of sp³-hybridized carbons (Fsp3) is 0.235. The SMILES string of the molecule is C[C@]1(c2cc(NC(=O)c3cccc(F)n3)ccc2F)N=C(N)OCC1(F)F. The lowest BCUT2D eigenvalue weighted by atomic mass is 9.85. The van der Waals surface area contributed by atoms with Crippen LogP contribution in [-0.2, 0) is 10.3 Å². The second-order valence-corrected chi connectivity index (χ2v) is 6.01. The van der Waals surface area contributed by atoms with Crippen LogP contribution in [0.1, 0.15) is 23.0 Å². The van der Waals surface area contributed by atoms with Gasteiger partial charge in [0.2, 0.25) is 5.95 Å². The molecule has 1 amide bonds. The molecule has 0 saturated heterocycles. The van der Waals surface area contributed by atoms with E-state index in [1.54, 1.807) is 0 Å². The molecular weight excluding hydrogens is 368 g/mol. The summed E-state index contributed by atoms with van der Waals surface area (Å²) >= 11 is 0. The highest BCUT2D eigenvalue weighted by atomic mass is 19.3. The Kier molecular flexibility index (Phi) is 4.50. The van der Waals surface area contributed by atoms with Crippen molar-refractivity contribution in [3.05, 3.63) is 59.4 Å². The summed E-state index contributed by atoms with van der Waals surface area (Å²) in [7, 11) is 0. The maximum absolute atomic E-state index is 14.4. The van der Waals surface area contributed by atoms with Gasteiger partial charge in [-0.2, -0.15) is 13.2 Å². The number of amides is 1. The highest BCUT2D eigenvalue weighted by Gasteiger charge is 2.56. The van der Waals surface area contributed by atoms with Crippen LogP contribution < -0.4 is 11.1 Å². The van der Waals surface area contributed by atoms with E-state index in [4.69, 9.17) is 5.73 Å². The normalized spacial score (nSPS) is 21.1. The third-order valence-corrected chi connectivity index (χ3v) is 4.14. The van der Waals surface area contributed by atoms with Crippen molar-refractivity contribution in [1.29, 1.82) is 0 Å². The van der Waals surface area contributed by atoms with Crippen molar-refractivity contribution in [2.75, 3.05) is 11.9 Å². The molecule has 10 heteroatoms. The van der Waals surface area contributed by atoms with Gasteiger partial charge in [-0.15, -0.1) is 0 Å². The van der Waals surface area contributed by atoms with Crippen molar-refractivity contribution in [2.24, 2.45) is 10.7 Å². The Morgan fingerprint density at radius 1 is 1.26 bits per heavy atom. The summed E-state index contributed by atoms with van der Waals surface area (Å²) in [5.41, 5.74) is 2.34. The molecule has 2 aromatic rings. The van der Waals surface area contributed by atoms with Crippen molar-refractivity contribution in [1.82, 2.24) is 4.98 Å². The number of alkyl halides is 2. The monoisotopic (exact) mass is 382 g/mol. The highest BCUT2D eigenvalue weighted by Crippen LogP contribution is 2.44. The topological polar surface area (TPSA) is 89.6 Å². The average Bonchev–Trinajstić information content (AvgIpc) is 2.60. The number of amidine groups is 1. The number of hydrogen-bond donors (Lipinski definition) is 2. The maximum atomic E-state index is 14.4. The van der Waals surface area contributed by atoms with Gasteiger partial charge in [0.25, 0.3) is 11.9 Å². The zero-order chi connectivity index (χ0) is 19.8. The van der Waals surface area contributed by atoms with Crippen LogP contribution in [0.4, 0.5) is 23.2 Å². The minimum Gasteiger partial charge on any atom is -0.459 e. The van der Waals surface area contributed by atoms with Gasteiger partial charge in [0.15, 0.2) is 12.1 Å². The minimum atomic E-state index is -3.55. The van der Waals surface area contributed by atoms with E-state index in [0.717, 1.165) is 25.1 Å². The lowest BCUT2D eigenvalue weighted by molar-refractivity contribution is -0.117. The molecule has 3 N–H and O–H groups in total. The molecule has 0 aliphatic carbocycles. The fourth-order valence-electron chi connectivity index (χ4n) is 2.60. The molecule has 0 fully saturated rings. The molecule has 1 aliphatic heterocycles. The molecule has 0 spiro atoms. The number of ether oxygens (including phenoxy) is 1. The second kappa shape index (κ2) is 6.53. The van der Waals surface area contributed by atoms with Crippen LogP contribution >= 0.6 is 0 Å². The summed E-state index contributed by atoms with van der Waals surface area (Å²) in [6, 6.07) is 6.21. The van der Waals surface area contributed by atoms with E-state index in [1.807, 2.05) is 0 Å². The summed E-state index contributed by atoms with van der Waals surface area (Å²) in [4.78, 5) is 19.2. The zero-order valence-corrected chi connectivity index (χ0v) is 14.0. The number of nitrogens with two attached hydrogens (primary N) is 1. The number of carbonyl (C=O) groups is 1. The lowest BCUT2D eigenvalue weighted by Gasteiger charge is -2.37. The predicted octanol–water partition coefficient (Wildman–Crippen LogP) is 2.81. The Labute approximate surface area is 151 Å². The molecule has 3 rings (SSSR count). The first-order chi connectivity index (χ1) is 12.6. The van der Waals surface area contributed by atoms with Gasteiger partial charge in [-0.05, 0) is 37.3 Å². The summed E-state index contributed by atoms with van der Waals surface area (Å²) in [5.74, 6) is -6.17. The minimum absolute atomic E-state index is 0.000232. The van der Waals surface area contributed by atoms with E-state index in [0.29, 0.717) is 0 Å². The molecule has 0 saturated carbocycles. The molecule has 1 atom stereocenters. The second-order valence-electron chi connectivity index (χ2n) is 6.01. The van der Waals surface area contributed by atoms with Crippen molar-refractivity contribution in [3.63, 3.8) is 0 Å². The van der Waals surface area contributed by atoms with Crippen LogP contribution in [0.25, 0.3) is 0 Å². The van der Waals surface area contributed by atoms with E-state index in [9.17, 15) is 22.4 Å². The number of nitrogens with zero attached hydrogens (tertiary/aromatic N) is 2. The van der Waals surface area contributed by atoms with Gasteiger partial charge in [-0.3, -0.25) is 4.79 Å². The average molecular weight is 382 g/mol. The van der Waals surface area contributed by atoms with Gasteiger partial charge in [0.05, 0.1) is 0 Å². The molecular formula is C17H14F4N4O2. The first-order valence-electron chi connectivity index (χ1n) is 7.72. The third-order valence-electron chi connectivity index (χ3n) is 4.14. The Balaban J connectivity index is 1.97. The van der Waals surface area contributed by atoms with Crippen molar-refractivity contribution in [3.8, 4) is 0 Å². The number of benzene rings is 1. The van der Waals surface area contributed by atoms with Gasteiger partial charge < -0.3 is 15.8 Å². The maximum Gasteiger partial charge on any atom is 0.310 e. The number of pyridine rings is 1. The van der Waals surface area contributed by atoms with Gasteiger partial charge in [-0.25, -0.2) is 14.4 Å². The predicted molar refractivity (Wildman–Crippen MR) is 88.4 cm³/mol. The smallest absolute Gasteiger partial charge is 0.310 e. The van der Waals surface area contributed by atoms with Crippen molar-refractivity contribution in [2.45, 2.75) is 18.4 Å². The van der Waals surface area contributed by atoms with Crippen LogP contribution in [-0.4, -0.2) is 29.4 Å². The van der Waals surface area contributed by atoms with Gasteiger partial charge >= 0.3 is 5.92 Å². The number of anilines is 1. The van der Waals surface area contributed by atoms with Crippen molar-refractivity contribution >= 4 is 17.6 Å². The first kappa shape index (κ1) is 18.6. The number of nitrogens with one attached hydrogen (secondary N) is 1. The molecule has 1 aromatic heterocycles. The van der Waals surface area contributed by atoms with E-state index in [2.05, 4.69) is 20.0 Å². The molecule has 0 bridgehead atoms. The number of aliphatic imine (C=N–C) groups is 1. The molecule has 0 radical (unpaired) electrons.